The number of aromatic nitrogens is 3. The minimum atomic E-state index is -4.42. The predicted octanol–water partition coefficient (Wildman–Crippen LogP) is 4.97. The molecule has 2 heterocycles. The molecule has 0 unspecified atom stereocenters. The van der Waals surface area contributed by atoms with E-state index in [1.165, 1.54) is 6.07 Å². The standard InChI is InChI=1S/C19H17ClF3N5O/c20-13-2-1-3-14(11-13)24-18(29)27-8-6-15(7-9-27)28-17-5-4-12(19(21,22)23)10-16(17)25-26-28/h1-5,10-11,15H,6-9H2,(H,24,29). The third-order valence-corrected chi connectivity index (χ3v) is 5.21. The smallest absolute Gasteiger partial charge is 0.324 e. The summed E-state index contributed by atoms with van der Waals surface area (Å²) in [6.07, 6.45) is -3.16. The lowest BCUT2D eigenvalue weighted by atomic mass is 10.1. The van der Waals surface area contributed by atoms with E-state index in [4.69, 9.17) is 11.6 Å². The summed E-state index contributed by atoms with van der Waals surface area (Å²) in [4.78, 5) is 14.1. The molecule has 0 spiro atoms. The zero-order chi connectivity index (χ0) is 20.6. The van der Waals surface area contributed by atoms with Crippen LogP contribution in [0.2, 0.25) is 5.02 Å². The first-order chi connectivity index (χ1) is 13.8. The summed E-state index contributed by atoms with van der Waals surface area (Å²) in [5, 5.41) is 11.3. The molecule has 1 fully saturated rings. The number of halogens is 4. The van der Waals surface area contributed by atoms with E-state index in [-0.39, 0.29) is 17.6 Å². The number of hydrogen-bond donors (Lipinski definition) is 1. The molecule has 0 saturated carbocycles. The van der Waals surface area contributed by atoms with Crippen molar-refractivity contribution in [1.29, 1.82) is 0 Å². The molecular formula is C19H17ClF3N5O. The van der Waals surface area contributed by atoms with Gasteiger partial charge in [-0.2, -0.15) is 13.2 Å². The summed E-state index contributed by atoms with van der Waals surface area (Å²) < 4.78 is 40.3. The first kappa shape index (κ1) is 19.5. The van der Waals surface area contributed by atoms with Crippen molar-refractivity contribution in [3.63, 3.8) is 0 Å². The van der Waals surface area contributed by atoms with Crippen LogP contribution in [0, 0.1) is 0 Å². The molecule has 29 heavy (non-hydrogen) atoms. The molecular weight excluding hydrogens is 407 g/mol. The van der Waals surface area contributed by atoms with Crippen molar-refractivity contribution in [1.82, 2.24) is 19.9 Å². The van der Waals surface area contributed by atoms with E-state index < -0.39 is 11.7 Å². The molecule has 0 bridgehead atoms. The minimum Gasteiger partial charge on any atom is -0.324 e. The number of likely N-dealkylation sites (tertiary alicyclic amines) is 1. The summed E-state index contributed by atoms with van der Waals surface area (Å²) in [5.74, 6) is 0. The van der Waals surface area contributed by atoms with Crippen molar-refractivity contribution in [3.8, 4) is 0 Å². The number of anilines is 1. The molecule has 0 atom stereocenters. The van der Waals surface area contributed by atoms with Crippen LogP contribution >= 0.6 is 11.6 Å². The maximum Gasteiger partial charge on any atom is 0.416 e. The molecule has 1 aliphatic rings. The number of carbonyl (C=O) groups is 1. The Hall–Kier alpha value is -2.81. The Kier molecular flexibility index (Phi) is 5.08. The lowest BCUT2D eigenvalue weighted by molar-refractivity contribution is -0.137. The number of alkyl halides is 3. The second-order valence-corrected chi connectivity index (χ2v) is 7.33. The van der Waals surface area contributed by atoms with Crippen LogP contribution in [-0.4, -0.2) is 39.0 Å². The van der Waals surface area contributed by atoms with E-state index in [0.717, 1.165) is 12.1 Å². The van der Waals surface area contributed by atoms with Crippen molar-refractivity contribution in [3.05, 3.63) is 53.1 Å². The summed E-state index contributed by atoms with van der Waals surface area (Å²) in [5.41, 5.74) is 0.637. The molecule has 3 aromatic rings. The lowest BCUT2D eigenvalue weighted by Crippen LogP contribution is -2.41. The molecule has 0 aliphatic carbocycles. The van der Waals surface area contributed by atoms with E-state index in [9.17, 15) is 18.0 Å². The molecule has 2 amide bonds. The molecule has 4 rings (SSSR count). The summed E-state index contributed by atoms with van der Waals surface area (Å²) in [6.45, 7) is 0.998. The number of carbonyl (C=O) groups excluding carboxylic acids is 1. The third kappa shape index (κ3) is 4.14. The van der Waals surface area contributed by atoms with Crippen LogP contribution < -0.4 is 5.32 Å². The first-order valence-corrected chi connectivity index (χ1v) is 9.43. The zero-order valence-electron chi connectivity index (χ0n) is 15.2. The maximum atomic E-state index is 12.9. The van der Waals surface area contributed by atoms with Crippen molar-refractivity contribution in [2.45, 2.75) is 25.1 Å². The highest BCUT2D eigenvalue weighted by Crippen LogP contribution is 2.32. The van der Waals surface area contributed by atoms with E-state index in [1.54, 1.807) is 33.8 Å². The van der Waals surface area contributed by atoms with E-state index in [0.29, 0.717) is 42.2 Å². The second kappa shape index (κ2) is 7.55. The highest BCUT2D eigenvalue weighted by molar-refractivity contribution is 6.30. The summed E-state index contributed by atoms with van der Waals surface area (Å²) >= 11 is 5.93. The molecule has 1 N–H and O–H groups in total. The topological polar surface area (TPSA) is 63.1 Å². The maximum absolute atomic E-state index is 12.9. The van der Waals surface area contributed by atoms with E-state index >= 15 is 0 Å². The molecule has 6 nitrogen and oxygen atoms in total. The van der Waals surface area contributed by atoms with Gasteiger partial charge in [-0.15, -0.1) is 5.10 Å². The van der Waals surface area contributed by atoms with Crippen LogP contribution in [-0.2, 0) is 6.18 Å². The van der Waals surface area contributed by atoms with Gasteiger partial charge in [-0.3, -0.25) is 0 Å². The minimum absolute atomic E-state index is 0.0352. The largest absolute Gasteiger partial charge is 0.416 e. The molecule has 10 heteroatoms. The summed E-state index contributed by atoms with van der Waals surface area (Å²) in [6, 6.07) is 10.1. The molecule has 1 aliphatic heterocycles. The quantitative estimate of drug-likeness (QED) is 0.632. The van der Waals surface area contributed by atoms with Crippen molar-refractivity contribution in [2.75, 3.05) is 18.4 Å². The van der Waals surface area contributed by atoms with Gasteiger partial charge < -0.3 is 10.2 Å². The second-order valence-electron chi connectivity index (χ2n) is 6.89. The molecule has 0 radical (unpaired) electrons. The van der Waals surface area contributed by atoms with Crippen molar-refractivity contribution in [2.24, 2.45) is 0 Å². The normalized spacial score (nSPS) is 15.7. The van der Waals surface area contributed by atoms with Gasteiger partial charge in [0.15, 0.2) is 0 Å². The average molecular weight is 424 g/mol. The molecule has 1 aromatic heterocycles. The average Bonchev–Trinajstić information content (AvgIpc) is 3.11. The SMILES string of the molecule is O=C(Nc1cccc(Cl)c1)N1CCC(n2nnc3cc(C(F)(F)F)ccc32)CC1. The van der Waals surface area contributed by atoms with Gasteiger partial charge in [0, 0.05) is 23.8 Å². The Balaban J connectivity index is 1.42. The zero-order valence-corrected chi connectivity index (χ0v) is 15.9. The number of urea groups is 1. The Labute approximate surface area is 169 Å². The molecule has 152 valence electrons. The highest BCUT2D eigenvalue weighted by Gasteiger charge is 2.31. The fraction of sp³-hybridized carbons (Fsp3) is 0.316. The van der Waals surface area contributed by atoms with Crippen LogP contribution in [0.15, 0.2) is 42.5 Å². The Morgan fingerprint density at radius 3 is 2.59 bits per heavy atom. The van der Waals surface area contributed by atoms with Gasteiger partial charge in [0.1, 0.15) is 5.52 Å². The first-order valence-electron chi connectivity index (χ1n) is 9.05. The number of amides is 2. The number of nitrogens with one attached hydrogen (secondary N) is 1. The van der Waals surface area contributed by atoms with Gasteiger partial charge in [-0.1, -0.05) is 22.9 Å². The van der Waals surface area contributed by atoms with Gasteiger partial charge in [0.2, 0.25) is 0 Å². The van der Waals surface area contributed by atoms with E-state index in [1.807, 2.05) is 0 Å². The van der Waals surface area contributed by atoms with Crippen LogP contribution in [0.1, 0.15) is 24.4 Å². The predicted molar refractivity (Wildman–Crippen MR) is 103 cm³/mol. The van der Waals surface area contributed by atoms with Gasteiger partial charge >= 0.3 is 12.2 Å². The Morgan fingerprint density at radius 1 is 1.14 bits per heavy atom. The van der Waals surface area contributed by atoms with Crippen molar-refractivity contribution < 1.29 is 18.0 Å². The van der Waals surface area contributed by atoms with Gasteiger partial charge in [0.25, 0.3) is 0 Å². The number of nitrogens with zero attached hydrogens (tertiary/aromatic N) is 4. The summed E-state index contributed by atoms with van der Waals surface area (Å²) in [7, 11) is 0. The van der Waals surface area contributed by atoms with Crippen LogP contribution in [0.25, 0.3) is 11.0 Å². The third-order valence-electron chi connectivity index (χ3n) is 4.97. The number of piperidine rings is 1. The lowest BCUT2D eigenvalue weighted by Gasteiger charge is -2.32. The van der Waals surface area contributed by atoms with Gasteiger partial charge in [-0.05, 0) is 49.2 Å². The van der Waals surface area contributed by atoms with Gasteiger partial charge in [0.05, 0.1) is 17.1 Å². The Bertz CT molecular complexity index is 1040. The van der Waals surface area contributed by atoms with Crippen molar-refractivity contribution >= 4 is 34.4 Å². The fourth-order valence-electron chi connectivity index (χ4n) is 3.47. The number of rotatable bonds is 2. The molecule has 2 aromatic carbocycles. The number of benzene rings is 2. The molecule has 1 saturated heterocycles. The number of fused-ring (bicyclic) bond motifs is 1. The van der Waals surface area contributed by atoms with Crippen LogP contribution in [0.3, 0.4) is 0 Å². The highest BCUT2D eigenvalue weighted by atomic mass is 35.5. The van der Waals surface area contributed by atoms with Gasteiger partial charge in [-0.25, -0.2) is 9.48 Å². The monoisotopic (exact) mass is 423 g/mol. The Morgan fingerprint density at radius 2 is 1.90 bits per heavy atom. The van der Waals surface area contributed by atoms with Crippen LogP contribution in [0.4, 0.5) is 23.7 Å². The number of hydrogen-bond acceptors (Lipinski definition) is 3. The fourth-order valence-corrected chi connectivity index (χ4v) is 3.66. The van der Waals surface area contributed by atoms with E-state index in [2.05, 4.69) is 15.6 Å². The van der Waals surface area contributed by atoms with Crippen LogP contribution in [0.5, 0.6) is 0 Å².